The van der Waals surface area contributed by atoms with Gasteiger partial charge in [0.1, 0.15) is 17.5 Å². The van der Waals surface area contributed by atoms with E-state index in [2.05, 4.69) is 10.3 Å². The Morgan fingerprint density at radius 1 is 1.21 bits per heavy atom. The summed E-state index contributed by atoms with van der Waals surface area (Å²) in [5.74, 6) is -3.38. The number of aromatic amines is 1. The third-order valence-electron chi connectivity index (χ3n) is 4.92. The maximum Gasteiger partial charge on any atom is 0.322 e. The van der Waals surface area contributed by atoms with Crippen molar-refractivity contribution < 1.29 is 26.4 Å². The predicted molar refractivity (Wildman–Crippen MR) is 118 cm³/mol. The molecule has 0 spiro atoms. The second-order valence-corrected chi connectivity index (χ2v) is 9.32. The zero-order valence-corrected chi connectivity index (χ0v) is 18.6. The largest absolute Gasteiger partial charge is 0.328 e. The molecule has 0 saturated carbocycles. The lowest BCUT2D eigenvalue weighted by Crippen LogP contribution is -2.41. The highest BCUT2D eigenvalue weighted by atomic mass is 35.5. The fourth-order valence-electron chi connectivity index (χ4n) is 3.30. The van der Waals surface area contributed by atoms with E-state index in [9.17, 15) is 31.2 Å². The number of halogens is 4. The molecule has 176 valence electrons. The molecule has 0 saturated heterocycles. The first-order valence-corrected chi connectivity index (χ1v) is 11.5. The first kappa shape index (κ1) is 24.6. The molecule has 0 aliphatic rings. The van der Waals surface area contributed by atoms with E-state index in [0.717, 1.165) is 23.1 Å². The van der Waals surface area contributed by atoms with Gasteiger partial charge in [0.05, 0.1) is 22.2 Å². The Balaban J connectivity index is 2.05. The summed E-state index contributed by atoms with van der Waals surface area (Å²) in [6.45, 7) is 1.06. The van der Waals surface area contributed by atoms with Gasteiger partial charge in [-0.3, -0.25) is 4.79 Å². The van der Waals surface area contributed by atoms with Gasteiger partial charge in [0, 0.05) is 24.5 Å². The van der Waals surface area contributed by atoms with Crippen molar-refractivity contribution in [1.82, 2.24) is 9.88 Å². The third-order valence-corrected chi connectivity index (χ3v) is 5.96. The molecule has 4 N–H and O–H groups in total. The van der Waals surface area contributed by atoms with Gasteiger partial charge < -0.3 is 15.2 Å². The second-order valence-electron chi connectivity index (χ2n) is 7.18. The fraction of sp³-hybridized carbons (Fsp3) is 0.200. The van der Waals surface area contributed by atoms with E-state index >= 15 is 0 Å². The number of carbonyl (C=O) groups excluding carboxylic acids is 1. The number of nitrogens with two attached hydrogens (primary N) is 1. The Hall–Kier alpha value is -3.09. The zero-order valence-electron chi connectivity index (χ0n) is 17.0. The van der Waals surface area contributed by atoms with Crippen LogP contribution < -0.4 is 16.0 Å². The molecule has 0 unspecified atom stereocenters. The topological polar surface area (TPSA) is 125 Å². The van der Waals surface area contributed by atoms with Gasteiger partial charge >= 0.3 is 6.03 Å². The summed E-state index contributed by atoms with van der Waals surface area (Å²) in [5, 5.41) is 6.76. The first-order valence-electron chi connectivity index (χ1n) is 9.41. The highest BCUT2D eigenvalue weighted by Crippen LogP contribution is 2.29. The molecule has 0 fully saturated rings. The lowest BCUT2D eigenvalue weighted by molar-refractivity contribution is 0.197. The van der Waals surface area contributed by atoms with Gasteiger partial charge in [-0.1, -0.05) is 11.6 Å². The number of H-pyrrole nitrogens is 1. The molecule has 0 bridgehead atoms. The summed E-state index contributed by atoms with van der Waals surface area (Å²) in [4.78, 5) is 28.5. The van der Waals surface area contributed by atoms with Crippen LogP contribution in [0.25, 0.3) is 10.8 Å². The van der Waals surface area contributed by atoms with Crippen molar-refractivity contribution in [1.29, 1.82) is 0 Å². The van der Waals surface area contributed by atoms with Crippen molar-refractivity contribution in [2.75, 3.05) is 17.6 Å². The van der Waals surface area contributed by atoms with Crippen LogP contribution in [0.5, 0.6) is 0 Å². The van der Waals surface area contributed by atoms with Crippen LogP contribution >= 0.6 is 11.6 Å². The number of pyridine rings is 1. The number of rotatable bonds is 6. The van der Waals surface area contributed by atoms with Crippen molar-refractivity contribution in [3.63, 3.8) is 0 Å². The molecule has 1 atom stereocenters. The van der Waals surface area contributed by atoms with E-state index in [1.165, 1.54) is 19.2 Å². The van der Waals surface area contributed by atoms with Gasteiger partial charge in [0.2, 0.25) is 10.0 Å². The van der Waals surface area contributed by atoms with E-state index in [4.69, 9.17) is 16.7 Å². The van der Waals surface area contributed by atoms with Crippen molar-refractivity contribution in [3.05, 3.63) is 74.9 Å². The third kappa shape index (κ3) is 5.64. The maximum atomic E-state index is 14.3. The van der Waals surface area contributed by atoms with E-state index in [1.807, 2.05) is 0 Å². The lowest BCUT2D eigenvalue weighted by Gasteiger charge is -2.30. The number of hydrogen-bond donors (Lipinski definition) is 3. The van der Waals surface area contributed by atoms with Crippen LogP contribution in [0.4, 0.5) is 23.7 Å². The van der Waals surface area contributed by atoms with E-state index in [0.29, 0.717) is 6.07 Å². The van der Waals surface area contributed by atoms with Gasteiger partial charge in [-0.25, -0.2) is 31.5 Å². The van der Waals surface area contributed by atoms with Crippen LogP contribution in [0.15, 0.2) is 41.3 Å². The van der Waals surface area contributed by atoms with Gasteiger partial charge in [0.15, 0.2) is 0 Å². The molecule has 1 heterocycles. The average molecular weight is 503 g/mol. The number of amides is 2. The van der Waals surface area contributed by atoms with Crippen LogP contribution in [-0.2, 0) is 10.0 Å². The summed E-state index contributed by atoms with van der Waals surface area (Å²) in [6, 6.07) is 3.09. The monoisotopic (exact) mass is 502 g/mol. The van der Waals surface area contributed by atoms with Gasteiger partial charge in [-0.15, -0.1) is 0 Å². The van der Waals surface area contributed by atoms with Gasteiger partial charge in [-0.2, -0.15) is 0 Å². The number of nitrogens with one attached hydrogen (secondary N) is 2. The average Bonchev–Trinajstić information content (AvgIpc) is 2.69. The minimum Gasteiger partial charge on any atom is -0.328 e. The number of urea groups is 1. The molecule has 0 radical (unpaired) electrons. The van der Waals surface area contributed by atoms with Crippen LogP contribution in [0.1, 0.15) is 18.5 Å². The molecule has 0 aliphatic carbocycles. The van der Waals surface area contributed by atoms with Crippen molar-refractivity contribution in [2.24, 2.45) is 5.14 Å². The summed E-state index contributed by atoms with van der Waals surface area (Å²) in [6.07, 6.45) is 1.18. The number of fused-ring (bicyclic) bond motifs is 1. The smallest absolute Gasteiger partial charge is 0.322 e. The highest BCUT2D eigenvalue weighted by Gasteiger charge is 2.26. The normalized spacial score (nSPS) is 12.5. The molecule has 0 aliphatic heterocycles. The van der Waals surface area contributed by atoms with Crippen LogP contribution in [0.2, 0.25) is 5.02 Å². The first-order chi connectivity index (χ1) is 15.4. The van der Waals surface area contributed by atoms with E-state index < -0.39 is 62.8 Å². The minimum atomic E-state index is -3.99. The Kier molecular flexibility index (Phi) is 7.00. The van der Waals surface area contributed by atoms with Crippen molar-refractivity contribution >= 4 is 44.1 Å². The molecule has 13 heteroatoms. The number of aromatic nitrogens is 1. The molecule has 8 nitrogen and oxygen atoms in total. The van der Waals surface area contributed by atoms with Crippen LogP contribution in [0.3, 0.4) is 0 Å². The van der Waals surface area contributed by atoms with Gasteiger partial charge in [-0.05, 0) is 42.1 Å². The standard InChI is InChI=1S/C20H18ClF3N4O4S/c1-10(14-9-26-19(29)18-13(14)6-11(22)7-17(18)24)28(4-5-33(25,31)32)20(30)27-12-2-3-16(23)15(21)8-12/h2-3,6-10H,4-5H2,1H3,(H,26,29)(H,27,30)(H2,25,31,32)/t10-/m1/s1. The van der Waals surface area contributed by atoms with Crippen LogP contribution in [-0.4, -0.2) is 36.6 Å². The Labute approximate surface area is 191 Å². The second kappa shape index (κ2) is 9.41. The number of sulfonamides is 1. The summed E-state index contributed by atoms with van der Waals surface area (Å²) in [5.41, 5.74) is -0.549. The summed E-state index contributed by atoms with van der Waals surface area (Å²) < 4.78 is 64.6. The number of carbonyl (C=O) groups is 1. The molecule has 1 aromatic heterocycles. The summed E-state index contributed by atoms with van der Waals surface area (Å²) >= 11 is 5.73. The molecule has 2 amide bonds. The highest BCUT2D eigenvalue weighted by molar-refractivity contribution is 7.89. The Morgan fingerprint density at radius 3 is 2.55 bits per heavy atom. The van der Waals surface area contributed by atoms with E-state index in [-0.39, 0.29) is 21.7 Å². The lowest BCUT2D eigenvalue weighted by atomic mass is 10.0. The quantitative estimate of drug-likeness (QED) is 0.477. The molecular formula is C20H18ClF3N4O4S. The number of nitrogens with zero attached hydrogens (tertiary/aromatic N) is 1. The Morgan fingerprint density at radius 2 is 1.91 bits per heavy atom. The molecule has 2 aromatic carbocycles. The number of benzene rings is 2. The number of anilines is 1. The number of hydrogen-bond acceptors (Lipinski definition) is 4. The fourth-order valence-corrected chi connectivity index (χ4v) is 3.94. The van der Waals surface area contributed by atoms with E-state index in [1.54, 1.807) is 0 Å². The predicted octanol–water partition coefficient (Wildman–Crippen LogP) is 3.48. The van der Waals surface area contributed by atoms with Gasteiger partial charge in [0.25, 0.3) is 5.56 Å². The Bertz CT molecular complexity index is 1400. The van der Waals surface area contributed by atoms with Crippen molar-refractivity contribution in [2.45, 2.75) is 13.0 Å². The summed E-state index contributed by atoms with van der Waals surface area (Å²) in [7, 11) is -3.99. The van der Waals surface area contributed by atoms with Crippen LogP contribution in [0, 0.1) is 17.5 Å². The maximum absolute atomic E-state index is 14.3. The zero-order chi connectivity index (χ0) is 24.5. The number of primary sulfonamides is 1. The minimum absolute atomic E-state index is 0.0954. The van der Waals surface area contributed by atoms with Crippen molar-refractivity contribution in [3.8, 4) is 0 Å². The molecular weight excluding hydrogens is 485 g/mol. The SMILES string of the molecule is C[C@H](c1c[nH]c(=O)c2c(F)cc(F)cc12)N(CCS(N)(=O)=O)C(=O)Nc1ccc(F)c(Cl)c1. The molecule has 33 heavy (non-hydrogen) atoms. The molecule has 3 aromatic rings. The molecule has 3 rings (SSSR count).